The fraction of sp³-hybridized carbons (Fsp3) is 0.421. The molecular weight excluding hydrogens is 334 g/mol. The Morgan fingerprint density at radius 3 is 2.24 bits per heavy atom. The molecule has 0 saturated carbocycles. The first-order valence-electron chi connectivity index (χ1n) is 8.30. The van der Waals surface area contributed by atoms with E-state index < -0.39 is 6.04 Å². The van der Waals surface area contributed by atoms with Gasteiger partial charge in [0.05, 0.1) is 0 Å². The molecule has 1 atom stereocenters. The molecule has 1 aromatic heterocycles. The number of carbonyl (C=O) groups is 2. The molecule has 0 saturated heterocycles. The van der Waals surface area contributed by atoms with Crippen molar-refractivity contribution in [1.82, 2.24) is 10.3 Å². The first-order valence-corrected chi connectivity index (χ1v) is 9.18. The molecule has 0 radical (unpaired) electrons. The van der Waals surface area contributed by atoms with Crippen molar-refractivity contribution in [2.75, 3.05) is 5.32 Å². The first kappa shape index (κ1) is 19.1. The maximum absolute atomic E-state index is 12.5. The fourth-order valence-corrected chi connectivity index (χ4v) is 2.88. The highest BCUT2D eigenvalue weighted by Gasteiger charge is 2.25. The van der Waals surface area contributed by atoms with E-state index >= 15 is 0 Å². The van der Waals surface area contributed by atoms with Gasteiger partial charge in [-0.1, -0.05) is 46.8 Å². The van der Waals surface area contributed by atoms with E-state index in [4.69, 9.17) is 0 Å². The summed E-state index contributed by atoms with van der Waals surface area (Å²) in [6, 6.07) is 6.88. The molecule has 25 heavy (non-hydrogen) atoms. The molecule has 1 aromatic carbocycles. The highest BCUT2D eigenvalue weighted by Crippen LogP contribution is 2.22. The molecule has 6 heteroatoms. The number of anilines is 1. The van der Waals surface area contributed by atoms with E-state index in [9.17, 15) is 9.59 Å². The van der Waals surface area contributed by atoms with E-state index in [0.717, 1.165) is 5.56 Å². The highest BCUT2D eigenvalue weighted by atomic mass is 32.1. The molecule has 5 nitrogen and oxygen atoms in total. The molecule has 0 bridgehead atoms. The van der Waals surface area contributed by atoms with Crippen molar-refractivity contribution in [2.24, 2.45) is 5.92 Å². The Kier molecular flexibility index (Phi) is 5.95. The van der Waals surface area contributed by atoms with Gasteiger partial charge in [0.15, 0.2) is 5.13 Å². The maximum atomic E-state index is 12.5. The smallest absolute Gasteiger partial charge is 0.251 e. The Bertz CT molecular complexity index is 716. The zero-order chi connectivity index (χ0) is 18.6. The summed E-state index contributed by atoms with van der Waals surface area (Å²) in [4.78, 5) is 29.0. The maximum Gasteiger partial charge on any atom is 0.251 e. The zero-order valence-corrected chi connectivity index (χ0v) is 16.1. The monoisotopic (exact) mass is 359 g/mol. The summed E-state index contributed by atoms with van der Waals surface area (Å²) in [5, 5.41) is 7.89. The van der Waals surface area contributed by atoms with E-state index in [1.807, 2.05) is 26.0 Å². The topological polar surface area (TPSA) is 71.1 Å². The molecule has 2 amide bonds. The zero-order valence-electron chi connectivity index (χ0n) is 15.3. The molecule has 2 aromatic rings. The van der Waals surface area contributed by atoms with Crippen LogP contribution in [0.1, 0.15) is 50.5 Å². The Morgan fingerprint density at radius 2 is 1.76 bits per heavy atom. The van der Waals surface area contributed by atoms with Gasteiger partial charge in [-0.2, -0.15) is 0 Å². The summed E-state index contributed by atoms with van der Waals surface area (Å²) in [6.45, 7) is 10.2. The molecule has 1 heterocycles. The molecule has 2 N–H and O–H groups in total. The number of hydrogen-bond acceptors (Lipinski definition) is 4. The van der Waals surface area contributed by atoms with Gasteiger partial charge in [-0.25, -0.2) is 4.98 Å². The van der Waals surface area contributed by atoms with Crippen LogP contribution in [-0.4, -0.2) is 22.8 Å². The van der Waals surface area contributed by atoms with E-state index in [1.54, 1.807) is 23.7 Å². The van der Waals surface area contributed by atoms with Crippen LogP contribution in [0.5, 0.6) is 0 Å². The van der Waals surface area contributed by atoms with Gasteiger partial charge in [-0.15, -0.1) is 11.3 Å². The van der Waals surface area contributed by atoms with Gasteiger partial charge in [-0.05, 0) is 29.0 Å². The molecular formula is C19H25N3O2S. The number of amides is 2. The number of hydrogen-bond donors (Lipinski definition) is 2. The van der Waals surface area contributed by atoms with Crippen LogP contribution in [-0.2, 0) is 10.2 Å². The van der Waals surface area contributed by atoms with E-state index in [2.05, 4.69) is 36.4 Å². The van der Waals surface area contributed by atoms with Crippen molar-refractivity contribution in [3.8, 4) is 0 Å². The van der Waals surface area contributed by atoms with Crippen LogP contribution in [0.3, 0.4) is 0 Å². The minimum Gasteiger partial charge on any atom is -0.340 e. The molecule has 2 rings (SSSR count). The second kappa shape index (κ2) is 7.78. The van der Waals surface area contributed by atoms with Gasteiger partial charge in [0.25, 0.3) is 5.91 Å². The predicted molar refractivity (Wildman–Crippen MR) is 102 cm³/mol. The van der Waals surface area contributed by atoms with Crippen LogP contribution in [0.25, 0.3) is 0 Å². The molecule has 0 aliphatic heterocycles. The highest BCUT2D eigenvalue weighted by molar-refractivity contribution is 7.13. The van der Waals surface area contributed by atoms with Crippen LogP contribution in [0.15, 0.2) is 35.8 Å². The van der Waals surface area contributed by atoms with Gasteiger partial charge in [-0.3, -0.25) is 9.59 Å². The lowest BCUT2D eigenvalue weighted by atomic mass is 9.86. The molecule has 0 aliphatic rings. The first-order chi connectivity index (χ1) is 11.7. The van der Waals surface area contributed by atoms with Gasteiger partial charge in [0.2, 0.25) is 5.91 Å². The van der Waals surface area contributed by atoms with Crippen molar-refractivity contribution < 1.29 is 9.59 Å². The minimum absolute atomic E-state index is 0.0308. The largest absolute Gasteiger partial charge is 0.340 e. The Balaban J connectivity index is 2.08. The summed E-state index contributed by atoms with van der Waals surface area (Å²) in [7, 11) is 0. The van der Waals surface area contributed by atoms with Crippen LogP contribution in [0, 0.1) is 5.92 Å². The van der Waals surface area contributed by atoms with Crippen LogP contribution >= 0.6 is 11.3 Å². The van der Waals surface area contributed by atoms with E-state index in [1.165, 1.54) is 11.3 Å². The lowest BCUT2D eigenvalue weighted by Crippen LogP contribution is -2.47. The number of aromatic nitrogens is 1. The lowest BCUT2D eigenvalue weighted by molar-refractivity contribution is -0.118. The second-order valence-electron chi connectivity index (χ2n) is 7.35. The summed E-state index contributed by atoms with van der Waals surface area (Å²) >= 11 is 1.34. The van der Waals surface area contributed by atoms with Crippen molar-refractivity contribution in [2.45, 2.75) is 46.1 Å². The number of nitrogens with one attached hydrogen (secondary N) is 2. The van der Waals surface area contributed by atoms with Crippen molar-refractivity contribution in [3.63, 3.8) is 0 Å². The van der Waals surface area contributed by atoms with E-state index in [-0.39, 0.29) is 23.1 Å². The molecule has 0 unspecified atom stereocenters. The molecule has 134 valence electrons. The third kappa shape index (κ3) is 5.13. The third-order valence-corrected chi connectivity index (χ3v) is 4.60. The molecule has 0 aliphatic carbocycles. The summed E-state index contributed by atoms with van der Waals surface area (Å²) in [6.07, 6.45) is 1.63. The van der Waals surface area contributed by atoms with Crippen molar-refractivity contribution in [3.05, 3.63) is 47.0 Å². The summed E-state index contributed by atoms with van der Waals surface area (Å²) in [5.74, 6) is -0.559. The Labute approximate surface area is 152 Å². The number of carbonyl (C=O) groups excluding carboxylic acids is 2. The molecule has 0 fully saturated rings. The standard InChI is InChI=1S/C19H25N3O2S/c1-12(2)15(17(24)22-18-20-10-11-25-18)21-16(23)13-6-8-14(9-7-13)19(3,4)5/h6-12,15H,1-5H3,(H,21,23)(H,20,22,24)/t15-/m1/s1. The van der Waals surface area contributed by atoms with Crippen LogP contribution in [0.2, 0.25) is 0 Å². The second-order valence-corrected chi connectivity index (χ2v) is 8.24. The third-order valence-electron chi connectivity index (χ3n) is 3.91. The summed E-state index contributed by atoms with van der Waals surface area (Å²) < 4.78 is 0. The number of thiazole rings is 1. The van der Waals surface area contributed by atoms with Gasteiger partial charge >= 0.3 is 0 Å². The minimum atomic E-state index is -0.626. The number of rotatable bonds is 5. The normalized spacial score (nSPS) is 12.7. The number of nitrogens with zero attached hydrogens (tertiary/aromatic N) is 1. The predicted octanol–water partition coefficient (Wildman–Crippen LogP) is 3.83. The average Bonchev–Trinajstić information content (AvgIpc) is 3.04. The average molecular weight is 359 g/mol. The number of benzene rings is 1. The lowest BCUT2D eigenvalue weighted by Gasteiger charge is -2.22. The fourth-order valence-electron chi connectivity index (χ4n) is 2.35. The van der Waals surface area contributed by atoms with Crippen LogP contribution in [0.4, 0.5) is 5.13 Å². The molecule has 0 spiro atoms. The summed E-state index contributed by atoms with van der Waals surface area (Å²) in [5.41, 5.74) is 1.73. The Hall–Kier alpha value is -2.21. The van der Waals surface area contributed by atoms with Crippen molar-refractivity contribution in [1.29, 1.82) is 0 Å². The Morgan fingerprint density at radius 1 is 1.12 bits per heavy atom. The SMILES string of the molecule is CC(C)[C@@H](NC(=O)c1ccc(C(C)(C)C)cc1)C(=O)Nc1nccs1. The quantitative estimate of drug-likeness (QED) is 0.852. The van der Waals surface area contributed by atoms with E-state index in [0.29, 0.717) is 10.7 Å². The van der Waals surface area contributed by atoms with Gasteiger partial charge < -0.3 is 10.6 Å². The van der Waals surface area contributed by atoms with Gasteiger partial charge in [0, 0.05) is 17.1 Å². The van der Waals surface area contributed by atoms with Crippen LogP contribution < -0.4 is 10.6 Å². The van der Waals surface area contributed by atoms with Crippen molar-refractivity contribution >= 4 is 28.3 Å². The van der Waals surface area contributed by atoms with Gasteiger partial charge in [0.1, 0.15) is 6.04 Å².